The summed E-state index contributed by atoms with van der Waals surface area (Å²) in [5.41, 5.74) is 4.49. The highest BCUT2D eigenvalue weighted by Gasteiger charge is 2.29. The highest BCUT2D eigenvalue weighted by Crippen LogP contribution is 2.43. The van der Waals surface area contributed by atoms with Crippen molar-refractivity contribution in [2.75, 3.05) is 7.11 Å². The smallest absolute Gasteiger partial charge is 0.341 e. The first-order valence-corrected chi connectivity index (χ1v) is 9.85. The van der Waals surface area contributed by atoms with E-state index in [0.717, 1.165) is 30.5 Å². The van der Waals surface area contributed by atoms with Gasteiger partial charge in [-0.1, -0.05) is 12.1 Å². The van der Waals surface area contributed by atoms with E-state index in [1.807, 2.05) is 10.6 Å². The predicted octanol–water partition coefficient (Wildman–Crippen LogP) is 3.87. The molecule has 0 spiro atoms. The van der Waals surface area contributed by atoms with Crippen LogP contribution in [0.4, 0.5) is 0 Å². The maximum Gasteiger partial charge on any atom is 0.341 e. The average molecular weight is 390 g/mol. The molecule has 0 amide bonds. The molecule has 1 aromatic heterocycles. The van der Waals surface area contributed by atoms with Gasteiger partial charge in [-0.3, -0.25) is 4.79 Å². The van der Waals surface area contributed by atoms with Crippen LogP contribution in [-0.4, -0.2) is 22.8 Å². The summed E-state index contributed by atoms with van der Waals surface area (Å²) >= 11 is 0. The second-order valence-corrected chi connectivity index (χ2v) is 7.87. The van der Waals surface area contributed by atoms with E-state index in [9.17, 15) is 14.7 Å². The van der Waals surface area contributed by atoms with Crippen LogP contribution in [0, 0.1) is 0 Å². The summed E-state index contributed by atoms with van der Waals surface area (Å²) < 4.78 is 7.73. The van der Waals surface area contributed by atoms with Crippen LogP contribution in [0.5, 0.6) is 5.75 Å². The highest BCUT2D eigenvalue weighted by molar-refractivity contribution is 5.97. The maximum absolute atomic E-state index is 12.8. The number of nitrogens with one attached hydrogen (secondary N) is 1. The van der Waals surface area contributed by atoms with E-state index in [2.05, 4.69) is 30.4 Å². The van der Waals surface area contributed by atoms with Crippen LogP contribution < -0.4 is 15.5 Å². The molecule has 6 nitrogen and oxygen atoms in total. The number of hydrogen-bond donors (Lipinski definition) is 2. The van der Waals surface area contributed by atoms with Gasteiger partial charge in [0.15, 0.2) is 5.75 Å². The van der Waals surface area contributed by atoms with Crippen molar-refractivity contribution >= 4 is 16.9 Å². The number of aromatic nitrogens is 1. The standard InChI is InChI=1S/C23H22N2O4/c1-12-18-9-13(3-4-14(18)10-24-12)16-7-8-17-20(22(16)29-2)25(15-5-6-15)11-19(21(17)26)23(27)28/h3-4,7-9,11-12,15,24H,5-6,10H2,1-2H3,(H,27,28). The van der Waals surface area contributed by atoms with Gasteiger partial charge in [-0.15, -0.1) is 0 Å². The number of benzene rings is 2. The molecule has 1 aliphatic carbocycles. The number of ether oxygens (including phenoxy) is 1. The first-order valence-electron chi connectivity index (χ1n) is 9.85. The lowest BCUT2D eigenvalue weighted by Gasteiger charge is -2.18. The Morgan fingerprint density at radius 2 is 2.03 bits per heavy atom. The molecule has 0 saturated heterocycles. The number of carboxylic acids is 1. The molecule has 2 heterocycles. The number of fused-ring (bicyclic) bond motifs is 2. The molecule has 2 N–H and O–H groups in total. The minimum atomic E-state index is -1.20. The van der Waals surface area contributed by atoms with Gasteiger partial charge in [-0.05, 0) is 54.7 Å². The summed E-state index contributed by atoms with van der Waals surface area (Å²) in [7, 11) is 1.60. The minimum absolute atomic E-state index is 0.198. The van der Waals surface area contributed by atoms with Crippen molar-refractivity contribution in [1.82, 2.24) is 9.88 Å². The lowest BCUT2D eigenvalue weighted by Crippen LogP contribution is -2.19. The Balaban J connectivity index is 1.80. The van der Waals surface area contributed by atoms with E-state index in [1.165, 1.54) is 17.3 Å². The number of methoxy groups -OCH3 is 1. The fraction of sp³-hybridized carbons (Fsp3) is 0.304. The van der Waals surface area contributed by atoms with Crippen molar-refractivity contribution in [3.63, 3.8) is 0 Å². The van der Waals surface area contributed by atoms with E-state index < -0.39 is 11.4 Å². The quantitative estimate of drug-likeness (QED) is 0.707. The van der Waals surface area contributed by atoms with E-state index in [-0.39, 0.29) is 11.6 Å². The molecule has 29 heavy (non-hydrogen) atoms. The Kier molecular flexibility index (Phi) is 3.99. The number of aromatic carboxylic acids is 1. The second-order valence-electron chi connectivity index (χ2n) is 7.87. The molecule has 148 valence electrons. The van der Waals surface area contributed by atoms with Gasteiger partial charge in [0.25, 0.3) is 0 Å². The van der Waals surface area contributed by atoms with E-state index in [1.54, 1.807) is 13.2 Å². The lowest BCUT2D eigenvalue weighted by atomic mass is 9.96. The highest BCUT2D eigenvalue weighted by atomic mass is 16.5. The monoisotopic (exact) mass is 390 g/mol. The van der Waals surface area contributed by atoms with E-state index in [0.29, 0.717) is 22.7 Å². The summed E-state index contributed by atoms with van der Waals surface area (Å²) in [4.78, 5) is 24.4. The van der Waals surface area contributed by atoms with Crippen molar-refractivity contribution < 1.29 is 14.6 Å². The molecule has 1 aliphatic heterocycles. The Labute approximate surface area is 167 Å². The summed E-state index contributed by atoms with van der Waals surface area (Å²) in [6, 6.07) is 10.5. The third-order valence-electron chi connectivity index (χ3n) is 6.04. The first-order chi connectivity index (χ1) is 14.0. The van der Waals surface area contributed by atoms with Gasteiger partial charge in [-0.25, -0.2) is 4.79 Å². The van der Waals surface area contributed by atoms with Crippen molar-refractivity contribution in [2.45, 2.75) is 38.4 Å². The Hall–Kier alpha value is -3.12. The van der Waals surface area contributed by atoms with Crippen molar-refractivity contribution in [1.29, 1.82) is 0 Å². The first kappa shape index (κ1) is 17.9. The molecule has 0 bridgehead atoms. The van der Waals surface area contributed by atoms with Crippen LogP contribution in [0.2, 0.25) is 0 Å². The van der Waals surface area contributed by atoms with Crippen LogP contribution in [0.1, 0.15) is 53.3 Å². The Morgan fingerprint density at radius 3 is 2.72 bits per heavy atom. The molecule has 2 aromatic carbocycles. The van der Waals surface area contributed by atoms with E-state index >= 15 is 0 Å². The topological polar surface area (TPSA) is 80.6 Å². The molecule has 0 radical (unpaired) electrons. The van der Waals surface area contributed by atoms with Crippen LogP contribution in [0.3, 0.4) is 0 Å². The lowest BCUT2D eigenvalue weighted by molar-refractivity contribution is 0.0695. The average Bonchev–Trinajstić information content (AvgIpc) is 3.50. The second kappa shape index (κ2) is 6.46. The molecule has 3 aromatic rings. The fourth-order valence-corrected chi connectivity index (χ4v) is 4.34. The Morgan fingerprint density at radius 1 is 1.24 bits per heavy atom. The van der Waals surface area contributed by atoms with Crippen molar-refractivity contribution in [2.24, 2.45) is 0 Å². The number of carbonyl (C=O) groups is 1. The minimum Gasteiger partial charge on any atom is -0.494 e. The zero-order chi connectivity index (χ0) is 20.3. The molecule has 2 aliphatic rings. The van der Waals surface area contributed by atoms with Crippen molar-refractivity contribution in [3.05, 3.63) is 63.4 Å². The maximum atomic E-state index is 12.8. The SMILES string of the molecule is COc1c(-c2ccc3c(c2)C(C)NC3)ccc2c(=O)c(C(=O)O)cn(C3CC3)c12. The number of hydrogen-bond acceptors (Lipinski definition) is 4. The third kappa shape index (κ3) is 2.75. The molecule has 1 atom stereocenters. The molecular formula is C23H22N2O4. The fourth-order valence-electron chi connectivity index (χ4n) is 4.34. The van der Waals surface area contributed by atoms with Gasteiger partial charge in [0, 0.05) is 30.4 Å². The third-order valence-corrected chi connectivity index (χ3v) is 6.04. The molecular weight excluding hydrogens is 368 g/mol. The number of rotatable bonds is 4. The largest absolute Gasteiger partial charge is 0.494 e. The zero-order valence-corrected chi connectivity index (χ0v) is 16.4. The number of pyridine rings is 1. The van der Waals surface area contributed by atoms with Gasteiger partial charge >= 0.3 is 5.97 Å². The van der Waals surface area contributed by atoms with Crippen LogP contribution in [0.15, 0.2) is 41.3 Å². The van der Waals surface area contributed by atoms with Crippen LogP contribution in [-0.2, 0) is 6.54 Å². The number of nitrogens with zero attached hydrogens (tertiary/aromatic N) is 1. The van der Waals surface area contributed by atoms with Gasteiger partial charge in [0.05, 0.1) is 18.0 Å². The van der Waals surface area contributed by atoms with Crippen LogP contribution >= 0.6 is 0 Å². The predicted molar refractivity (Wildman–Crippen MR) is 111 cm³/mol. The summed E-state index contributed by atoms with van der Waals surface area (Å²) in [6.45, 7) is 3.01. The van der Waals surface area contributed by atoms with Gasteiger partial charge in [0.1, 0.15) is 5.56 Å². The molecule has 1 unspecified atom stereocenters. The van der Waals surface area contributed by atoms with Gasteiger partial charge in [-0.2, -0.15) is 0 Å². The zero-order valence-electron chi connectivity index (χ0n) is 16.4. The molecule has 1 fully saturated rings. The van der Waals surface area contributed by atoms with Gasteiger partial charge in [0.2, 0.25) is 5.43 Å². The van der Waals surface area contributed by atoms with E-state index in [4.69, 9.17) is 4.74 Å². The Bertz CT molecular complexity index is 1220. The van der Waals surface area contributed by atoms with Gasteiger partial charge < -0.3 is 19.7 Å². The molecule has 6 heteroatoms. The number of carboxylic acid groups (broad SMARTS) is 1. The normalized spacial score (nSPS) is 18.1. The molecule has 5 rings (SSSR count). The molecule has 1 saturated carbocycles. The van der Waals surface area contributed by atoms with Crippen LogP contribution in [0.25, 0.3) is 22.0 Å². The summed E-state index contributed by atoms with van der Waals surface area (Å²) in [6.07, 6.45) is 3.41. The summed E-state index contributed by atoms with van der Waals surface area (Å²) in [5, 5.41) is 13.3. The van der Waals surface area contributed by atoms with Crippen molar-refractivity contribution in [3.8, 4) is 16.9 Å². The summed E-state index contributed by atoms with van der Waals surface area (Å²) in [5.74, 6) is -0.587.